The fourth-order valence-corrected chi connectivity index (χ4v) is 2.70. The molecule has 2 rings (SSSR count). The van der Waals surface area contributed by atoms with Crippen molar-refractivity contribution in [3.8, 4) is 0 Å². The first kappa shape index (κ1) is 28.7. The summed E-state index contributed by atoms with van der Waals surface area (Å²) in [5.41, 5.74) is 0.710. The highest BCUT2D eigenvalue weighted by Gasteiger charge is 2.13. The van der Waals surface area contributed by atoms with Gasteiger partial charge in [-0.05, 0) is 4.92 Å². The smallest absolute Gasteiger partial charge is 0.390 e. The van der Waals surface area contributed by atoms with E-state index in [0.717, 1.165) is 0 Å². The van der Waals surface area contributed by atoms with Crippen molar-refractivity contribution < 1.29 is 37.7 Å². The molecule has 0 aliphatic heterocycles. The molecule has 0 aliphatic rings. The van der Waals surface area contributed by atoms with Gasteiger partial charge in [-0.2, -0.15) is 0 Å². The number of alkyl halides is 1. The predicted molar refractivity (Wildman–Crippen MR) is 119 cm³/mol. The Bertz CT molecular complexity index is 808. The van der Waals surface area contributed by atoms with Crippen molar-refractivity contribution in [3.05, 3.63) is 34.4 Å². The van der Waals surface area contributed by atoms with E-state index in [9.17, 15) is 14.5 Å². The number of nitrogens with zero attached hydrogens (tertiary/aromatic N) is 6. The number of rotatable bonds is 23. The van der Waals surface area contributed by atoms with Gasteiger partial charge in [0, 0.05) is 0 Å². The maximum absolute atomic E-state index is 11.8. The largest absolute Gasteiger partial charge is 0.434 e. The van der Waals surface area contributed by atoms with Crippen LogP contribution in [0.4, 0.5) is 10.3 Å². The molecule has 35 heavy (non-hydrogen) atoms. The molecule has 2 aromatic heterocycles. The van der Waals surface area contributed by atoms with Crippen LogP contribution in [0.1, 0.15) is 5.69 Å². The molecule has 15 heteroatoms. The van der Waals surface area contributed by atoms with E-state index < -0.39 is 11.6 Å². The van der Waals surface area contributed by atoms with Crippen molar-refractivity contribution in [2.24, 2.45) is 0 Å². The summed E-state index contributed by atoms with van der Waals surface area (Å²) in [5.74, 6) is -0.200. The van der Waals surface area contributed by atoms with Crippen molar-refractivity contribution >= 4 is 5.95 Å². The van der Waals surface area contributed by atoms with Crippen LogP contribution >= 0.6 is 0 Å². The molecule has 14 nitrogen and oxygen atoms in total. The molecule has 0 unspecified atom stereocenters. The van der Waals surface area contributed by atoms with Crippen LogP contribution in [-0.4, -0.2) is 109 Å². The Morgan fingerprint density at radius 1 is 0.829 bits per heavy atom. The zero-order valence-corrected chi connectivity index (χ0v) is 19.7. The van der Waals surface area contributed by atoms with Crippen molar-refractivity contribution in [3.63, 3.8) is 0 Å². The van der Waals surface area contributed by atoms with Crippen LogP contribution in [0.15, 0.2) is 18.6 Å². The summed E-state index contributed by atoms with van der Waals surface area (Å²) in [6, 6.07) is 0. The van der Waals surface area contributed by atoms with Gasteiger partial charge in [0.15, 0.2) is 0 Å². The summed E-state index contributed by atoms with van der Waals surface area (Å²) in [5, 5.41) is 18.8. The molecular formula is C20H33FN6O8. The third-order valence-electron chi connectivity index (χ3n) is 4.34. The molecule has 0 saturated carbocycles. The van der Waals surface area contributed by atoms with Gasteiger partial charge in [0.2, 0.25) is 0 Å². The second-order valence-electron chi connectivity index (χ2n) is 6.95. The van der Waals surface area contributed by atoms with Crippen molar-refractivity contribution in [1.29, 1.82) is 0 Å². The third-order valence-corrected chi connectivity index (χ3v) is 4.34. The number of nitro groups is 1. The number of halogens is 1. The zero-order chi connectivity index (χ0) is 25.0. The predicted octanol–water partition coefficient (Wildman–Crippen LogP) is 0.652. The van der Waals surface area contributed by atoms with Crippen LogP contribution in [0.5, 0.6) is 0 Å². The Kier molecular flexibility index (Phi) is 15.3. The molecule has 0 fully saturated rings. The molecular weight excluding hydrogens is 471 g/mol. The Hall–Kier alpha value is -2.56. The molecule has 0 N–H and O–H groups in total. The lowest BCUT2D eigenvalue weighted by molar-refractivity contribution is -0.396. The van der Waals surface area contributed by atoms with E-state index in [4.69, 9.17) is 28.4 Å². The highest BCUT2D eigenvalue weighted by atomic mass is 19.1. The van der Waals surface area contributed by atoms with Crippen molar-refractivity contribution in [2.45, 2.75) is 19.7 Å². The lowest BCUT2D eigenvalue weighted by Gasteiger charge is -2.07. The van der Waals surface area contributed by atoms with E-state index in [1.165, 1.54) is 10.8 Å². The van der Waals surface area contributed by atoms with Gasteiger partial charge in [0.25, 0.3) is 0 Å². The standard InChI is InChI=1S/C20H33FN6O8/c21-1-6-30-9-12-34-15-16-35-18-19-17-26(24-23-19)5-8-32-11-14-33-13-10-31-7-4-25-3-2-22-20(25)27(28)29/h2-3,17H,1,4-16,18H2. The van der Waals surface area contributed by atoms with Crippen LogP contribution in [0.25, 0.3) is 0 Å². The maximum atomic E-state index is 11.8. The maximum Gasteiger partial charge on any atom is 0.434 e. The molecule has 198 valence electrons. The Balaban J connectivity index is 1.36. The van der Waals surface area contributed by atoms with E-state index in [0.29, 0.717) is 91.5 Å². The van der Waals surface area contributed by atoms with E-state index in [1.54, 1.807) is 17.1 Å². The molecule has 0 aliphatic carbocycles. The number of imidazole rings is 1. The normalized spacial score (nSPS) is 11.3. The molecule has 0 spiro atoms. The van der Waals surface area contributed by atoms with Crippen molar-refractivity contribution in [1.82, 2.24) is 24.5 Å². The van der Waals surface area contributed by atoms with E-state index in [-0.39, 0.29) is 12.6 Å². The van der Waals surface area contributed by atoms with Gasteiger partial charge in [0.05, 0.1) is 98.6 Å². The Morgan fingerprint density at radius 3 is 2.03 bits per heavy atom. The monoisotopic (exact) mass is 504 g/mol. The average molecular weight is 505 g/mol. The Morgan fingerprint density at radius 2 is 1.40 bits per heavy atom. The van der Waals surface area contributed by atoms with Crippen LogP contribution in [0, 0.1) is 10.1 Å². The fraction of sp³-hybridized carbons (Fsp3) is 0.750. The number of hydrogen-bond donors (Lipinski definition) is 0. The highest BCUT2D eigenvalue weighted by molar-refractivity contribution is 5.06. The summed E-state index contributed by atoms with van der Waals surface area (Å²) in [6.45, 7) is 4.88. The molecule has 0 amide bonds. The van der Waals surface area contributed by atoms with Crippen LogP contribution in [-0.2, 0) is 48.1 Å². The summed E-state index contributed by atoms with van der Waals surface area (Å²) in [7, 11) is 0. The van der Waals surface area contributed by atoms with Gasteiger partial charge in [-0.3, -0.25) is 0 Å². The molecule has 0 atom stereocenters. The summed E-state index contributed by atoms with van der Waals surface area (Å²) < 4.78 is 47.0. The molecule has 2 aromatic rings. The number of hydrogen-bond acceptors (Lipinski definition) is 11. The molecule has 0 bridgehead atoms. The van der Waals surface area contributed by atoms with E-state index in [1.807, 2.05) is 0 Å². The second-order valence-corrected chi connectivity index (χ2v) is 6.95. The topological polar surface area (TPSA) is 147 Å². The summed E-state index contributed by atoms with van der Waals surface area (Å²) in [6.07, 6.45) is 4.72. The Labute approximate surface area is 202 Å². The number of ether oxygens (including phenoxy) is 6. The number of aromatic nitrogens is 5. The minimum absolute atomic E-state index is 0.0941. The molecule has 2 heterocycles. The van der Waals surface area contributed by atoms with Gasteiger partial charge in [-0.1, -0.05) is 10.2 Å². The quantitative estimate of drug-likeness (QED) is 0.119. The summed E-state index contributed by atoms with van der Waals surface area (Å²) in [4.78, 5) is 13.9. The lowest BCUT2D eigenvalue weighted by atomic mass is 10.5. The lowest BCUT2D eigenvalue weighted by Crippen LogP contribution is -2.14. The SMILES string of the molecule is O=[N+]([O-])c1nccn1CCOCCOCCOCCn1cc(COCCOCCOCCF)nn1. The first-order valence-corrected chi connectivity index (χ1v) is 11.3. The average Bonchev–Trinajstić information content (AvgIpc) is 3.51. The van der Waals surface area contributed by atoms with E-state index in [2.05, 4.69) is 15.3 Å². The second kappa shape index (κ2) is 18.7. The molecule has 0 radical (unpaired) electrons. The van der Waals surface area contributed by atoms with Crippen molar-refractivity contribution in [2.75, 3.05) is 79.4 Å². The van der Waals surface area contributed by atoms with Gasteiger partial charge in [-0.15, -0.1) is 5.10 Å². The molecule has 0 saturated heterocycles. The molecule has 0 aromatic carbocycles. The minimum atomic E-state index is -0.531. The summed E-state index contributed by atoms with van der Waals surface area (Å²) >= 11 is 0. The highest BCUT2D eigenvalue weighted by Crippen LogP contribution is 2.06. The van der Waals surface area contributed by atoms with Gasteiger partial charge < -0.3 is 38.5 Å². The van der Waals surface area contributed by atoms with Crippen LogP contribution < -0.4 is 0 Å². The minimum Gasteiger partial charge on any atom is -0.390 e. The van der Waals surface area contributed by atoms with E-state index >= 15 is 0 Å². The zero-order valence-electron chi connectivity index (χ0n) is 19.7. The van der Waals surface area contributed by atoms with Crippen LogP contribution in [0.3, 0.4) is 0 Å². The third kappa shape index (κ3) is 13.2. The first-order valence-electron chi connectivity index (χ1n) is 11.3. The van der Waals surface area contributed by atoms with Gasteiger partial charge >= 0.3 is 5.95 Å². The van der Waals surface area contributed by atoms with Crippen LogP contribution in [0.2, 0.25) is 0 Å². The van der Waals surface area contributed by atoms with Gasteiger partial charge in [-0.25, -0.2) is 13.6 Å². The first-order chi connectivity index (χ1) is 17.2. The van der Waals surface area contributed by atoms with Gasteiger partial charge in [0.1, 0.15) is 24.8 Å². The fourth-order valence-electron chi connectivity index (χ4n) is 2.70.